The highest BCUT2D eigenvalue weighted by atomic mass is 35.5. The lowest BCUT2D eigenvalue weighted by atomic mass is 10.0. The molecule has 0 atom stereocenters. The second kappa shape index (κ2) is 8.00. The van der Waals surface area contributed by atoms with Crippen LogP contribution < -0.4 is 4.90 Å². The van der Waals surface area contributed by atoms with Crippen molar-refractivity contribution >= 4 is 29.1 Å². The van der Waals surface area contributed by atoms with E-state index in [9.17, 15) is 13.6 Å². The molecule has 2 aromatic carbocycles. The monoisotopic (exact) mass is 426 g/mol. The molecule has 4 rings (SSSR count). The molecule has 0 unspecified atom stereocenters. The van der Waals surface area contributed by atoms with Gasteiger partial charge in [0.15, 0.2) is 0 Å². The fraction of sp³-hybridized carbons (Fsp3) is 0.0476. The third-order valence-corrected chi connectivity index (χ3v) is 4.51. The van der Waals surface area contributed by atoms with Crippen LogP contribution in [-0.4, -0.2) is 21.0 Å². The quantitative estimate of drug-likeness (QED) is 0.436. The van der Waals surface area contributed by atoms with Crippen LogP contribution in [0.5, 0.6) is 0 Å². The summed E-state index contributed by atoms with van der Waals surface area (Å²) >= 11 is 5.97. The molecule has 4 aromatic rings. The van der Waals surface area contributed by atoms with E-state index in [2.05, 4.69) is 15.1 Å². The van der Waals surface area contributed by atoms with E-state index < -0.39 is 17.5 Å². The lowest BCUT2D eigenvalue weighted by Gasteiger charge is -2.19. The summed E-state index contributed by atoms with van der Waals surface area (Å²) in [7, 11) is 0. The van der Waals surface area contributed by atoms with Crippen LogP contribution in [0.25, 0.3) is 22.5 Å². The van der Waals surface area contributed by atoms with E-state index in [1.54, 1.807) is 30.3 Å². The largest absolute Gasteiger partial charge is 0.336 e. The first-order chi connectivity index (χ1) is 14.4. The Morgan fingerprint density at radius 2 is 1.77 bits per heavy atom. The maximum Gasteiger partial charge on any atom is 0.248 e. The highest BCUT2D eigenvalue weighted by molar-refractivity contribution is 6.30. The van der Waals surface area contributed by atoms with Crippen LogP contribution in [0.15, 0.2) is 65.6 Å². The third kappa shape index (κ3) is 3.77. The minimum Gasteiger partial charge on any atom is -0.336 e. The van der Waals surface area contributed by atoms with E-state index in [1.165, 1.54) is 19.4 Å². The molecule has 1 amide bonds. The Balaban J connectivity index is 1.96. The number of rotatable bonds is 4. The number of carbonyl (C=O) groups is 1. The Hall–Kier alpha value is -3.65. The normalized spacial score (nSPS) is 10.8. The molecular weight excluding hydrogens is 414 g/mol. The molecule has 0 bridgehead atoms. The predicted molar refractivity (Wildman–Crippen MR) is 107 cm³/mol. The predicted octanol–water partition coefficient (Wildman–Crippen LogP) is 5.41. The second-order valence-electron chi connectivity index (χ2n) is 6.29. The summed E-state index contributed by atoms with van der Waals surface area (Å²) in [6.45, 7) is 1.25. The molecule has 9 heteroatoms. The van der Waals surface area contributed by atoms with Crippen LogP contribution in [-0.2, 0) is 4.79 Å². The van der Waals surface area contributed by atoms with Crippen molar-refractivity contribution < 1.29 is 18.1 Å². The lowest BCUT2D eigenvalue weighted by Crippen LogP contribution is -2.23. The van der Waals surface area contributed by atoms with Crippen LogP contribution in [0.1, 0.15) is 6.92 Å². The van der Waals surface area contributed by atoms with E-state index >= 15 is 0 Å². The molecule has 2 heterocycles. The molecule has 0 N–H and O–H groups in total. The van der Waals surface area contributed by atoms with Gasteiger partial charge in [-0.05, 0) is 30.3 Å². The Labute approximate surface area is 174 Å². The number of hydrogen-bond acceptors (Lipinski definition) is 5. The number of amides is 1. The fourth-order valence-corrected chi connectivity index (χ4v) is 3.14. The molecule has 0 spiro atoms. The average Bonchev–Trinajstić information content (AvgIpc) is 3.13. The smallest absolute Gasteiger partial charge is 0.248 e. The maximum absolute atomic E-state index is 13.8. The van der Waals surface area contributed by atoms with Crippen molar-refractivity contribution in [2.45, 2.75) is 6.92 Å². The van der Waals surface area contributed by atoms with Gasteiger partial charge < -0.3 is 4.52 Å². The van der Waals surface area contributed by atoms with E-state index in [4.69, 9.17) is 16.1 Å². The van der Waals surface area contributed by atoms with Crippen molar-refractivity contribution in [1.82, 2.24) is 15.1 Å². The summed E-state index contributed by atoms with van der Waals surface area (Å²) in [5.41, 5.74) is 1.75. The molecule has 6 nitrogen and oxygen atoms in total. The van der Waals surface area contributed by atoms with Crippen LogP contribution in [0.4, 0.5) is 20.4 Å². The first-order valence-electron chi connectivity index (χ1n) is 8.73. The summed E-state index contributed by atoms with van der Waals surface area (Å²) in [5.74, 6) is -2.24. The number of carbonyl (C=O) groups excluding carboxylic acids is 1. The number of aromatic nitrogens is 3. The average molecular weight is 427 g/mol. The molecule has 0 aliphatic rings. The van der Waals surface area contributed by atoms with Gasteiger partial charge in [0.2, 0.25) is 11.8 Å². The van der Waals surface area contributed by atoms with Crippen molar-refractivity contribution in [1.29, 1.82) is 0 Å². The van der Waals surface area contributed by atoms with Gasteiger partial charge in [-0.3, -0.25) is 4.79 Å². The number of anilines is 2. The first kappa shape index (κ1) is 19.7. The molecule has 0 saturated heterocycles. The Kier molecular flexibility index (Phi) is 5.24. The van der Waals surface area contributed by atoms with Crippen LogP contribution in [0.2, 0.25) is 5.02 Å². The van der Waals surface area contributed by atoms with E-state index in [-0.39, 0.29) is 11.6 Å². The van der Waals surface area contributed by atoms with Crippen molar-refractivity contribution in [2.24, 2.45) is 0 Å². The molecule has 150 valence electrons. The Morgan fingerprint density at radius 3 is 2.37 bits per heavy atom. The highest BCUT2D eigenvalue weighted by Gasteiger charge is 2.29. The van der Waals surface area contributed by atoms with Crippen molar-refractivity contribution in [2.75, 3.05) is 4.90 Å². The Morgan fingerprint density at radius 1 is 1.07 bits per heavy atom. The minimum atomic E-state index is -0.836. The van der Waals surface area contributed by atoms with Crippen LogP contribution >= 0.6 is 11.6 Å². The summed E-state index contributed by atoms with van der Waals surface area (Å²) in [6, 6.07) is 11.2. The van der Waals surface area contributed by atoms with Crippen molar-refractivity contribution in [3.05, 3.63) is 77.7 Å². The van der Waals surface area contributed by atoms with E-state index in [1.807, 2.05) is 0 Å². The van der Waals surface area contributed by atoms with E-state index in [0.29, 0.717) is 33.6 Å². The van der Waals surface area contributed by atoms with Gasteiger partial charge in [0.05, 0.1) is 16.9 Å². The zero-order valence-electron chi connectivity index (χ0n) is 15.5. The molecule has 0 aliphatic heterocycles. The van der Waals surface area contributed by atoms with Crippen LogP contribution in [0.3, 0.4) is 0 Å². The molecule has 0 fully saturated rings. The highest BCUT2D eigenvalue weighted by Crippen LogP contribution is 2.41. The standard InChI is InChI=1S/C21H13ClF2N4O2/c1-12(29)28(17-9-15(23)8-16(24)10-17)21-19(18-6-7-25-11-26-18)20(27-30-21)13-2-4-14(22)5-3-13/h2-11H,1H3. The molecule has 2 aromatic heterocycles. The van der Waals surface area contributed by atoms with Gasteiger partial charge in [0.1, 0.15) is 23.7 Å². The van der Waals surface area contributed by atoms with Gasteiger partial charge in [-0.25, -0.2) is 23.6 Å². The lowest BCUT2D eigenvalue weighted by molar-refractivity contribution is -0.116. The van der Waals surface area contributed by atoms with Crippen LogP contribution in [0, 0.1) is 11.6 Å². The summed E-state index contributed by atoms with van der Waals surface area (Å²) in [4.78, 5) is 21.7. The first-order valence-corrected chi connectivity index (χ1v) is 9.10. The molecule has 0 saturated carbocycles. The summed E-state index contributed by atoms with van der Waals surface area (Å²) < 4.78 is 33.2. The number of halogens is 3. The minimum absolute atomic E-state index is 0.0313. The molecule has 0 radical (unpaired) electrons. The van der Waals surface area contributed by atoms with Gasteiger partial charge in [-0.15, -0.1) is 0 Å². The van der Waals surface area contributed by atoms with Gasteiger partial charge in [0, 0.05) is 29.8 Å². The van der Waals surface area contributed by atoms with Gasteiger partial charge in [-0.2, -0.15) is 0 Å². The maximum atomic E-state index is 13.8. The second-order valence-corrected chi connectivity index (χ2v) is 6.73. The number of hydrogen-bond donors (Lipinski definition) is 0. The molecule has 0 aliphatic carbocycles. The Bertz CT molecular complexity index is 1190. The molecular formula is C21H13ClF2N4O2. The zero-order valence-corrected chi connectivity index (χ0v) is 16.3. The third-order valence-electron chi connectivity index (χ3n) is 4.25. The fourth-order valence-electron chi connectivity index (χ4n) is 3.02. The zero-order chi connectivity index (χ0) is 21.3. The van der Waals surface area contributed by atoms with Gasteiger partial charge in [0.25, 0.3) is 0 Å². The SMILES string of the molecule is CC(=O)N(c1cc(F)cc(F)c1)c1onc(-c2ccc(Cl)cc2)c1-c1ccncn1. The number of benzene rings is 2. The van der Waals surface area contributed by atoms with Crippen molar-refractivity contribution in [3.8, 4) is 22.5 Å². The summed E-state index contributed by atoms with van der Waals surface area (Å²) in [6.07, 6.45) is 2.85. The van der Waals surface area contributed by atoms with E-state index in [0.717, 1.165) is 17.0 Å². The molecule has 30 heavy (non-hydrogen) atoms. The number of nitrogens with zero attached hydrogens (tertiary/aromatic N) is 4. The summed E-state index contributed by atoms with van der Waals surface area (Å²) in [5, 5.41) is 4.64. The van der Waals surface area contributed by atoms with Gasteiger partial charge in [-0.1, -0.05) is 28.9 Å². The topological polar surface area (TPSA) is 72.1 Å². The van der Waals surface area contributed by atoms with Crippen molar-refractivity contribution in [3.63, 3.8) is 0 Å². The van der Waals surface area contributed by atoms with Gasteiger partial charge >= 0.3 is 0 Å².